The number of halogens is 3. The maximum absolute atomic E-state index is 12.3. The highest BCUT2D eigenvalue weighted by Gasteiger charge is 2.28. The molecule has 1 rings (SSSR count). The Bertz CT molecular complexity index is 435. The van der Waals surface area contributed by atoms with Gasteiger partial charge in [0.2, 0.25) is 0 Å². The summed E-state index contributed by atoms with van der Waals surface area (Å²) in [5, 5.41) is 1.58. The lowest BCUT2D eigenvalue weighted by Gasteiger charge is -2.34. The van der Waals surface area contributed by atoms with Crippen molar-refractivity contribution in [3.63, 3.8) is 0 Å². The van der Waals surface area contributed by atoms with E-state index in [0.29, 0.717) is 20.9 Å². The smallest absolute Gasteiger partial charge is 0.255 e. The van der Waals surface area contributed by atoms with Crippen LogP contribution in [0.15, 0.2) is 18.2 Å². The van der Waals surface area contributed by atoms with Gasteiger partial charge in [0.25, 0.3) is 5.91 Å². The van der Waals surface area contributed by atoms with Crippen molar-refractivity contribution in [1.82, 2.24) is 4.90 Å². The van der Waals surface area contributed by atoms with E-state index < -0.39 is 0 Å². The largest absolute Gasteiger partial charge is 0.336 e. The molecule has 0 aliphatic carbocycles. The second kappa shape index (κ2) is 5.59. The Hall–Kier alpha value is -0.250. The first-order chi connectivity index (χ1) is 7.79. The molecule has 94 valence electrons. The second-order valence-electron chi connectivity index (χ2n) is 4.43. The number of rotatable bonds is 3. The number of nitrogens with zero attached hydrogens (tertiary/aromatic N) is 1. The van der Waals surface area contributed by atoms with Crippen molar-refractivity contribution < 1.29 is 4.79 Å². The van der Waals surface area contributed by atoms with E-state index >= 15 is 0 Å². The van der Waals surface area contributed by atoms with Crippen molar-refractivity contribution in [3.8, 4) is 0 Å². The summed E-state index contributed by atoms with van der Waals surface area (Å²) in [5.74, 6) is -0.115. The van der Waals surface area contributed by atoms with E-state index in [1.807, 2.05) is 13.8 Å². The molecule has 17 heavy (non-hydrogen) atoms. The third-order valence-corrected chi connectivity index (χ3v) is 4.62. The van der Waals surface area contributed by atoms with Crippen LogP contribution in [0.25, 0.3) is 0 Å². The minimum Gasteiger partial charge on any atom is -0.336 e. The lowest BCUT2D eigenvalue weighted by molar-refractivity contribution is 0.0664. The molecule has 1 aromatic rings. The average molecular weight is 339 g/mol. The number of hydrogen-bond donors (Lipinski definition) is 0. The Morgan fingerprint density at radius 1 is 1.41 bits per heavy atom. The summed E-state index contributed by atoms with van der Waals surface area (Å²) in [7, 11) is 1.76. The molecule has 2 nitrogen and oxygen atoms in total. The maximum atomic E-state index is 12.3. The number of benzene rings is 1. The first-order valence-corrected chi connectivity index (χ1v) is 6.96. The third-order valence-electron chi connectivity index (χ3n) is 2.70. The van der Waals surface area contributed by atoms with Crippen LogP contribution >= 0.6 is 39.1 Å². The number of carbonyl (C=O) groups excluding carboxylic acids is 1. The molecule has 0 aromatic heterocycles. The molecular formula is C12H14BrCl2NO. The quantitative estimate of drug-likeness (QED) is 0.755. The van der Waals surface area contributed by atoms with Gasteiger partial charge >= 0.3 is 0 Å². The van der Waals surface area contributed by atoms with E-state index in [-0.39, 0.29) is 11.4 Å². The lowest BCUT2D eigenvalue weighted by Crippen LogP contribution is -2.46. The number of alkyl halides is 1. The van der Waals surface area contributed by atoms with Crippen LogP contribution < -0.4 is 0 Å². The van der Waals surface area contributed by atoms with Crippen LogP contribution in [0, 0.1) is 0 Å². The van der Waals surface area contributed by atoms with E-state index in [0.717, 1.165) is 0 Å². The van der Waals surface area contributed by atoms with Crippen molar-refractivity contribution in [2.45, 2.75) is 19.4 Å². The van der Waals surface area contributed by atoms with Gasteiger partial charge in [0, 0.05) is 22.9 Å². The van der Waals surface area contributed by atoms with Crippen LogP contribution in [-0.2, 0) is 0 Å². The molecule has 0 spiro atoms. The minimum absolute atomic E-state index is 0.115. The lowest BCUT2D eigenvalue weighted by atomic mass is 10.1. The molecule has 0 N–H and O–H groups in total. The molecule has 0 atom stereocenters. The van der Waals surface area contributed by atoms with Crippen LogP contribution in [0.2, 0.25) is 10.0 Å². The molecule has 0 unspecified atom stereocenters. The van der Waals surface area contributed by atoms with Crippen molar-refractivity contribution in [2.24, 2.45) is 0 Å². The summed E-state index contributed by atoms with van der Waals surface area (Å²) in [6.45, 7) is 3.95. The summed E-state index contributed by atoms with van der Waals surface area (Å²) in [6, 6.07) is 4.88. The fourth-order valence-corrected chi connectivity index (χ4v) is 2.07. The maximum Gasteiger partial charge on any atom is 0.255 e. The first kappa shape index (κ1) is 14.8. The molecule has 0 aliphatic rings. The Morgan fingerprint density at radius 2 is 2.00 bits per heavy atom. The van der Waals surface area contributed by atoms with Gasteiger partial charge in [0.1, 0.15) is 0 Å². The van der Waals surface area contributed by atoms with Gasteiger partial charge in [0.05, 0.1) is 10.6 Å². The zero-order valence-electron chi connectivity index (χ0n) is 9.93. The zero-order valence-corrected chi connectivity index (χ0v) is 13.0. The van der Waals surface area contributed by atoms with Crippen LogP contribution in [-0.4, -0.2) is 28.7 Å². The Labute approximate surface area is 120 Å². The normalized spacial score (nSPS) is 11.4. The van der Waals surface area contributed by atoms with Gasteiger partial charge in [-0.15, -0.1) is 0 Å². The van der Waals surface area contributed by atoms with E-state index in [1.165, 1.54) is 0 Å². The van der Waals surface area contributed by atoms with Crippen molar-refractivity contribution in [3.05, 3.63) is 33.8 Å². The van der Waals surface area contributed by atoms with Crippen LogP contribution in [0.1, 0.15) is 24.2 Å². The number of carbonyl (C=O) groups is 1. The molecule has 0 fully saturated rings. The molecule has 0 bridgehead atoms. The fraction of sp³-hybridized carbons (Fsp3) is 0.417. The highest BCUT2D eigenvalue weighted by molar-refractivity contribution is 9.09. The summed E-state index contributed by atoms with van der Waals surface area (Å²) >= 11 is 15.2. The SMILES string of the molecule is CN(C(=O)c1ccc(Cl)cc1Cl)C(C)(C)CBr. The highest BCUT2D eigenvalue weighted by Crippen LogP contribution is 2.25. The Balaban J connectivity index is 3.05. The van der Waals surface area contributed by atoms with Crippen LogP contribution in [0.5, 0.6) is 0 Å². The molecule has 0 aliphatic heterocycles. The average Bonchev–Trinajstić information content (AvgIpc) is 2.27. The van der Waals surface area contributed by atoms with Crippen molar-refractivity contribution >= 4 is 45.0 Å². The zero-order chi connectivity index (χ0) is 13.2. The fourth-order valence-electron chi connectivity index (χ4n) is 1.21. The topological polar surface area (TPSA) is 20.3 Å². The summed E-state index contributed by atoms with van der Waals surface area (Å²) in [4.78, 5) is 13.9. The number of hydrogen-bond acceptors (Lipinski definition) is 1. The number of amides is 1. The van der Waals surface area contributed by atoms with E-state index in [2.05, 4.69) is 15.9 Å². The third kappa shape index (κ3) is 3.36. The van der Waals surface area contributed by atoms with Crippen molar-refractivity contribution in [2.75, 3.05) is 12.4 Å². The molecule has 1 aromatic carbocycles. The van der Waals surface area contributed by atoms with Gasteiger partial charge < -0.3 is 4.90 Å². The standard InChI is InChI=1S/C12H14BrCl2NO/c1-12(2,7-13)16(3)11(17)9-5-4-8(14)6-10(9)15/h4-6H,7H2,1-3H3. The first-order valence-electron chi connectivity index (χ1n) is 5.09. The molecule has 0 heterocycles. The molecule has 0 saturated heterocycles. The summed E-state index contributed by atoms with van der Waals surface area (Å²) < 4.78 is 0. The summed E-state index contributed by atoms with van der Waals surface area (Å²) in [5.41, 5.74) is 0.188. The summed E-state index contributed by atoms with van der Waals surface area (Å²) in [6.07, 6.45) is 0. The van der Waals surface area contributed by atoms with Gasteiger partial charge in [-0.1, -0.05) is 39.1 Å². The van der Waals surface area contributed by atoms with Crippen LogP contribution in [0.3, 0.4) is 0 Å². The Kier molecular flexibility index (Phi) is 4.87. The molecule has 1 amide bonds. The molecule has 5 heteroatoms. The van der Waals surface area contributed by atoms with E-state index in [1.54, 1.807) is 30.1 Å². The molecule has 0 saturated carbocycles. The van der Waals surface area contributed by atoms with E-state index in [9.17, 15) is 4.79 Å². The second-order valence-corrected chi connectivity index (χ2v) is 5.84. The van der Waals surface area contributed by atoms with Gasteiger partial charge in [-0.05, 0) is 32.0 Å². The monoisotopic (exact) mass is 337 g/mol. The van der Waals surface area contributed by atoms with Gasteiger partial charge in [-0.25, -0.2) is 0 Å². The molecule has 0 radical (unpaired) electrons. The predicted molar refractivity (Wildman–Crippen MR) is 76.4 cm³/mol. The van der Waals surface area contributed by atoms with Crippen molar-refractivity contribution in [1.29, 1.82) is 0 Å². The molecular weight excluding hydrogens is 325 g/mol. The predicted octanol–water partition coefficient (Wildman–Crippen LogP) is 4.24. The van der Waals surface area contributed by atoms with Gasteiger partial charge in [-0.2, -0.15) is 0 Å². The van der Waals surface area contributed by atoms with Gasteiger partial charge in [0.15, 0.2) is 0 Å². The van der Waals surface area contributed by atoms with Crippen LogP contribution in [0.4, 0.5) is 0 Å². The highest BCUT2D eigenvalue weighted by atomic mass is 79.9. The minimum atomic E-state index is -0.278. The Morgan fingerprint density at radius 3 is 2.47 bits per heavy atom. The van der Waals surface area contributed by atoms with E-state index in [4.69, 9.17) is 23.2 Å². The van der Waals surface area contributed by atoms with Gasteiger partial charge in [-0.3, -0.25) is 4.79 Å².